The van der Waals surface area contributed by atoms with Crippen LogP contribution in [0.25, 0.3) is 0 Å². The van der Waals surface area contributed by atoms with Crippen molar-refractivity contribution >= 4 is 0 Å². The Morgan fingerprint density at radius 3 is 3.29 bits per heavy atom. The molecule has 78 valence electrons. The molecule has 1 unspecified atom stereocenters. The number of rotatable bonds is 4. The number of H-pyrrole nitrogens is 1. The van der Waals surface area contributed by atoms with E-state index in [9.17, 15) is 0 Å². The van der Waals surface area contributed by atoms with E-state index in [1.807, 2.05) is 0 Å². The highest BCUT2D eigenvalue weighted by Gasteiger charge is 2.20. The van der Waals surface area contributed by atoms with Crippen molar-refractivity contribution < 1.29 is 4.74 Å². The van der Waals surface area contributed by atoms with Crippen LogP contribution < -0.4 is 5.73 Å². The second-order valence-electron chi connectivity index (χ2n) is 3.77. The van der Waals surface area contributed by atoms with Gasteiger partial charge in [-0.25, -0.2) is 0 Å². The third kappa shape index (κ3) is 2.13. The van der Waals surface area contributed by atoms with Crippen molar-refractivity contribution in [3.63, 3.8) is 0 Å². The Hall–Kier alpha value is -0.870. The molecule has 0 spiro atoms. The van der Waals surface area contributed by atoms with Crippen LogP contribution in [0.15, 0.2) is 6.07 Å². The van der Waals surface area contributed by atoms with Crippen LogP contribution in [0.3, 0.4) is 0 Å². The van der Waals surface area contributed by atoms with E-state index in [1.165, 1.54) is 5.69 Å². The highest BCUT2D eigenvalue weighted by molar-refractivity contribution is 5.14. The molecule has 1 aliphatic rings. The lowest BCUT2D eigenvalue weighted by Gasteiger charge is -2.00. The first kappa shape index (κ1) is 9.68. The summed E-state index contributed by atoms with van der Waals surface area (Å²) in [5.74, 6) is 0.498. The van der Waals surface area contributed by atoms with Gasteiger partial charge < -0.3 is 10.5 Å². The SMILES string of the molecule is NCCCc1cc(C2CCOC2)n[nH]1. The van der Waals surface area contributed by atoms with Gasteiger partial charge in [0.15, 0.2) is 0 Å². The first-order valence-electron chi connectivity index (χ1n) is 5.22. The summed E-state index contributed by atoms with van der Waals surface area (Å²) in [6.07, 6.45) is 3.11. The zero-order valence-corrected chi connectivity index (χ0v) is 8.33. The van der Waals surface area contributed by atoms with Crippen LogP contribution in [0.2, 0.25) is 0 Å². The Morgan fingerprint density at radius 2 is 2.57 bits per heavy atom. The topological polar surface area (TPSA) is 63.9 Å². The largest absolute Gasteiger partial charge is 0.381 e. The molecule has 1 aromatic rings. The third-order valence-corrected chi connectivity index (χ3v) is 2.65. The number of ether oxygens (including phenoxy) is 1. The van der Waals surface area contributed by atoms with E-state index in [-0.39, 0.29) is 0 Å². The van der Waals surface area contributed by atoms with Crippen molar-refractivity contribution in [2.75, 3.05) is 19.8 Å². The number of aryl methyl sites for hydroxylation is 1. The Kier molecular flexibility index (Phi) is 3.16. The Morgan fingerprint density at radius 1 is 1.64 bits per heavy atom. The van der Waals surface area contributed by atoms with E-state index in [0.29, 0.717) is 5.92 Å². The minimum atomic E-state index is 0.498. The maximum absolute atomic E-state index is 5.45. The predicted octanol–water partition coefficient (Wildman–Crippen LogP) is 0.805. The van der Waals surface area contributed by atoms with Crippen molar-refractivity contribution in [1.29, 1.82) is 0 Å². The lowest BCUT2D eigenvalue weighted by molar-refractivity contribution is 0.193. The standard InChI is InChI=1S/C10H17N3O/c11-4-1-2-9-6-10(13-12-9)8-3-5-14-7-8/h6,8H,1-5,7,11H2,(H,12,13). The van der Waals surface area contributed by atoms with Gasteiger partial charge in [0, 0.05) is 18.2 Å². The van der Waals surface area contributed by atoms with E-state index < -0.39 is 0 Å². The molecule has 1 aromatic heterocycles. The molecule has 0 saturated carbocycles. The molecule has 0 bridgehead atoms. The van der Waals surface area contributed by atoms with Gasteiger partial charge >= 0.3 is 0 Å². The van der Waals surface area contributed by atoms with Gasteiger partial charge in [0.2, 0.25) is 0 Å². The number of nitrogens with two attached hydrogens (primary N) is 1. The Labute approximate surface area is 83.8 Å². The molecule has 1 saturated heterocycles. The second kappa shape index (κ2) is 4.57. The second-order valence-corrected chi connectivity index (χ2v) is 3.77. The monoisotopic (exact) mass is 195 g/mol. The van der Waals surface area contributed by atoms with Crippen LogP contribution in [0.5, 0.6) is 0 Å². The Bertz CT molecular complexity index is 279. The first-order valence-corrected chi connectivity index (χ1v) is 5.22. The van der Waals surface area contributed by atoms with E-state index in [4.69, 9.17) is 10.5 Å². The van der Waals surface area contributed by atoms with Crippen molar-refractivity contribution in [2.45, 2.75) is 25.2 Å². The van der Waals surface area contributed by atoms with Crippen molar-refractivity contribution in [3.05, 3.63) is 17.5 Å². The maximum atomic E-state index is 5.45. The summed E-state index contributed by atoms with van der Waals surface area (Å²) in [7, 11) is 0. The molecule has 1 atom stereocenters. The van der Waals surface area contributed by atoms with Crippen LogP contribution >= 0.6 is 0 Å². The van der Waals surface area contributed by atoms with E-state index >= 15 is 0 Å². The smallest absolute Gasteiger partial charge is 0.0679 e. The molecule has 0 radical (unpaired) electrons. The number of nitrogens with zero attached hydrogens (tertiary/aromatic N) is 1. The van der Waals surface area contributed by atoms with E-state index in [0.717, 1.165) is 44.7 Å². The molecule has 1 fully saturated rings. The zero-order valence-electron chi connectivity index (χ0n) is 8.33. The molecular weight excluding hydrogens is 178 g/mol. The predicted molar refractivity (Wildman–Crippen MR) is 54.1 cm³/mol. The van der Waals surface area contributed by atoms with Gasteiger partial charge in [-0.1, -0.05) is 0 Å². The Balaban J connectivity index is 1.94. The third-order valence-electron chi connectivity index (χ3n) is 2.65. The van der Waals surface area contributed by atoms with Crippen LogP contribution in [0.1, 0.15) is 30.1 Å². The first-order chi connectivity index (χ1) is 6.90. The molecule has 0 aliphatic carbocycles. The number of aromatic amines is 1. The van der Waals surface area contributed by atoms with Crippen LogP contribution in [-0.4, -0.2) is 30.0 Å². The lowest BCUT2D eigenvalue weighted by atomic mass is 10.0. The summed E-state index contributed by atoms with van der Waals surface area (Å²) in [5, 5.41) is 7.36. The molecule has 0 aromatic carbocycles. The van der Waals surface area contributed by atoms with Gasteiger partial charge in [0.1, 0.15) is 0 Å². The summed E-state index contributed by atoms with van der Waals surface area (Å²) in [6, 6.07) is 2.15. The van der Waals surface area contributed by atoms with Crippen LogP contribution in [0, 0.1) is 0 Å². The number of hydrogen-bond acceptors (Lipinski definition) is 3. The highest BCUT2D eigenvalue weighted by Crippen LogP contribution is 2.23. The average molecular weight is 195 g/mol. The summed E-state index contributed by atoms with van der Waals surface area (Å²) < 4.78 is 5.33. The summed E-state index contributed by atoms with van der Waals surface area (Å²) in [6.45, 7) is 2.43. The summed E-state index contributed by atoms with van der Waals surface area (Å²) >= 11 is 0. The quantitative estimate of drug-likeness (QED) is 0.747. The van der Waals surface area contributed by atoms with Crippen molar-refractivity contribution in [3.8, 4) is 0 Å². The van der Waals surface area contributed by atoms with Crippen molar-refractivity contribution in [2.24, 2.45) is 5.73 Å². The molecule has 0 amide bonds. The molecule has 2 heterocycles. The molecule has 4 heteroatoms. The minimum absolute atomic E-state index is 0.498. The molecule has 1 aliphatic heterocycles. The maximum Gasteiger partial charge on any atom is 0.0679 e. The summed E-state index contributed by atoms with van der Waals surface area (Å²) in [4.78, 5) is 0. The lowest BCUT2D eigenvalue weighted by Crippen LogP contribution is -2.00. The van der Waals surface area contributed by atoms with E-state index in [2.05, 4.69) is 16.3 Å². The van der Waals surface area contributed by atoms with Gasteiger partial charge in [-0.2, -0.15) is 5.10 Å². The van der Waals surface area contributed by atoms with Gasteiger partial charge in [-0.05, 0) is 31.9 Å². The summed E-state index contributed by atoms with van der Waals surface area (Å²) in [5.41, 5.74) is 7.79. The van der Waals surface area contributed by atoms with Gasteiger partial charge in [-0.3, -0.25) is 5.10 Å². The fourth-order valence-electron chi connectivity index (χ4n) is 1.78. The molecule has 3 N–H and O–H groups in total. The number of aromatic nitrogens is 2. The van der Waals surface area contributed by atoms with E-state index in [1.54, 1.807) is 0 Å². The zero-order chi connectivity index (χ0) is 9.80. The van der Waals surface area contributed by atoms with Crippen molar-refractivity contribution in [1.82, 2.24) is 10.2 Å². The highest BCUT2D eigenvalue weighted by atomic mass is 16.5. The van der Waals surface area contributed by atoms with Gasteiger partial charge in [0.25, 0.3) is 0 Å². The number of nitrogens with one attached hydrogen (secondary N) is 1. The fraction of sp³-hybridized carbons (Fsp3) is 0.700. The molecule has 4 nitrogen and oxygen atoms in total. The minimum Gasteiger partial charge on any atom is -0.381 e. The normalized spacial score (nSPS) is 21.6. The number of hydrogen-bond donors (Lipinski definition) is 2. The molecular formula is C10H17N3O. The van der Waals surface area contributed by atoms with Crippen LogP contribution in [0.4, 0.5) is 0 Å². The average Bonchev–Trinajstić information content (AvgIpc) is 2.85. The van der Waals surface area contributed by atoms with Crippen LogP contribution in [-0.2, 0) is 11.2 Å². The van der Waals surface area contributed by atoms with Gasteiger partial charge in [-0.15, -0.1) is 0 Å². The molecule has 14 heavy (non-hydrogen) atoms. The molecule has 2 rings (SSSR count). The van der Waals surface area contributed by atoms with Gasteiger partial charge in [0.05, 0.1) is 12.3 Å². The fourth-order valence-corrected chi connectivity index (χ4v) is 1.78.